The van der Waals surface area contributed by atoms with Crippen molar-refractivity contribution in [3.05, 3.63) is 39.0 Å². The molecule has 1 aromatic carbocycles. The molecule has 4 rings (SSSR count). The fraction of sp³-hybridized carbons (Fsp3) is 0.591. The van der Waals surface area contributed by atoms with Gasteiger partial charge in [-0.1, -0.05) is 6.92 Å². The number of piperidine rings is 1. The van der Waals surface area contributed by atoms with Crippen molar-refractivity contribution in [2.75, 3.05) is 26.2 Å². The highest BCUT2D eigenvalue weighted by Gasteiger charge is 2.29. The highest BCUT2D eigenvalue weighted by Crippen LogP contribution is 2.25. The monoisotopic (exact) mass is 462 g/mol. The second kappa shape index (κ2) is 8.82. The van der Waals surface area contributed by atoms with Gasteiger partial charge in [-0.05, 0) is 49.8 Å². The quantitative estimate of drug-likeness (QED) is 0.663. The third-order valence-electron chi connectivity index (χ3n) is 6.71. The van der Waals surface area contributed by atoms with Gasteiger partial charge in [-0.15, -0.1) is 0 Å². The molecule has 0 saturated carbocycles. The molecule has 2 aliphatic heterocycles. The Bertz CT molecular complexity index is 1250. The van der Waals surface area contributed by atoms with Gasteiger partial charge in [0, 0.05) is 46.2 Å². The van der Waals surface area contributed by atoms with Gasteiger partial charge < -0.3 is 4.90 Å². The Morgan fingerprint density at radius 3 is 2.38 bits per heavy atom. The largest absolute Gasteiger partial charge is 0.343 e. The van der Waals surface area contributed by atoms with Crippen molar-refractivity contribution in [1.82, 2.24) is 18.3 Å². The van der Waals surface area contributed by atoms with Crippen molar-refractivity contribution in [2.24, 2.45) is 13.0 Å². The summed E-state index contributed by atoms with van der Waals surface area (Å²) in [5.41, 5.74) is -0.715. The summed E-state index contributed by atoms with van der Waals surface area (Å²) >= 11 is 0. The van der Waals surface area contributed by atoms with Gasteiger partial charge in [0.05, 0.1) is 15.8 Å². The van der Waals surface area contributed by atoms with E-state index in [-0.39, 0.29) is 29.2 Å². The zero-order valence-corrected chi connectivity index (χ0v) is 19.4. The van der Waals surface area contributed by atoms with E-state index in [1.807, 2.05) is 0 Å². The standard InChI is InChI=1S/C22H30N4O5S/c1-16-7-12-25(13-8-16)32(30,31)17-5-6-19-18(15-17)21(28)26(22(29)23(19)2)14-9-20(27)24-10-3-4-11-24/h5-6,15-16H,3-4,7-14H2,1-2H3. The summed E-state index contributed by atoms with van der Waals surface area (Å²) in [7, 11) is -2.18. The Morgan fingerprint density at radius 1 is 1.06 bits per heavy atom. The molecule has 0 N–H and O–H groups in total. The Balaban J connectivity index is 1.68. The molecule has 0 unspecified atom stereocenters. The number of hydrogen-bond donors (Lipinski definition) is 0. The number of benzene rings is 1. The van der Waals surface area contributed by atoms with E-state index < -0.39 is 21.3 Å². The first kappa shape index (κ1) is 22.7. The molecule has 0 radical (unpaired) electrons. The molecule has 0 spiro atoms. The van der Waals surface area contributed by atoms with Crippen molar-refractivity contribution in [3.63, 3.8) is 0 Å². The number of carbonyl (C=O) groups excluding carboxylic acids is 1. The van der Waals surface area contributed by atoms with Gasteiger partial charge in [0.15, 0.2) is 0 Å². The number of aromatic nitrogens is 2. The zero-order chi connectivity index (χ0) is 23.0. The number of sulfonamides is 1. The Kier molecular flexibility index (Phi) is 6.26. The topological polar surface area (TPSA) is 102 Å². The molecule has 174 valence electrons. The summed E-state index contributed by atoms with van der Waals surface area (Å²) in [4.78, 5) is 40.1. The van der Waals surface area contributed by atoms with Gasteiger partial charge in [-0.25, -0.2) is 13.2 Å². The lowest BCUT2D eigenvalue weighted by Gasteiger charge is -2.29. The van der Waals surface area contributed by atoms with Gasteiger partial charge in [0.25, 0.3) is 5.56 Å². The summed E-state index contributed by atoms with van der Waals surface area (Å²) in [6.45, 7) is 4.41. The van der Waals surface area contributed by atoms with Crippen LogP contribution in [0.25, 0.3) is 10.9 Å². The van der Waals surface area contributed by atoms with Crippen LogP contribution in [0, 0.1) is 5.92 Å². The summed E-state index contributed by atoms with van der Waals surface area (Å²) < 4.78 is 30.1. The van der Waals surface area contributed by atoms with Crippen LogP contribution in [-0.2, 0) is 28.4 Å². The molecular formula is C22H30N4O5S. The highest BCUT2D eigenvalue weighted by molar-refractivity contribution is 7.89. The maximum absolute atomic E-state index is 13.2. The Labute approximate surface area is 187 Å². The second-order valence-electron chi connectivity index (χ2n) is 8.90. The van der Waals surface area contributed by atoms with E-state index in [1.165, 1.54) is 27.1 Å². The van der Waals surface area contributed by atoms with E-state index in [0.717, 1.165) is 30.3 Å². The van der Waals surface area contributed by atoms with Gasteiger partial charge >= 0.3 is 5.69 Å². The molecule has 2 aliphatic rings. The average Bonchev–Trinajstić information content (AvgIpc) is 3.32. The van der Waals surface area contributed by atoms with E-state index in [4.69, 9.17) is 0 Å². The zero-order valence-electron chi connectivity index (χ0n) is 18.6. The van der Waals surface area contributed by atoms with E-state index in [1.54, 1.807) is 11.9 Å². The molecule has 1 amide bonds. The normalized spacial score (nSPS) is 18.5. The van der Waals surface area contributed by atoms with Gasteiger partial charge in [0.2, 0.25) is 15.9 Å². The van der Waals surface area contributed by atoms with Crippen LogP contribution in [0.15, 0.2) is 32.7 Å². The number of carbonyl (C=O) groups is 1. The predicted octanol–water partition coefficient (Wildman–Crippen LogP) is 1.13. The van der Waals surface area contributed by atoms with Gasteiger partial charge in [0.1, 0.15) is 0 Å². The van der Waals surface area contributed by atoms with E-state index in [9.17, 15) is 22.8 Å². The number of nitrogens with zero attached hydrogens (tertiary/aromatic N) is 4. The number of hydrogen-bond acceptors (Lipinski definition) is 5. The fourth-order valence-electron chi connectivity index (χ4n) is 4.56. The van der Waals surface area contributed by atoms with Crippen molar-refractivity contribution >= 4 is 26.8 Å². The summed E-state index contributed by atoms with van der Waals surface area (Å²) in [6, 6.07) is 4.33. The van der Waals surface area contributed by atoms with Gasteiger partial charge in [-0.2, -0.15) is 4.31 Å². The summed E-state index contributed by atoms with van der Waals surface area (Å²) in [5, 5.41) is 0.159. The smallest absolute Gasteiger partial charge is 0.331 e. The van der Waals surface area contributed by atoms with Crippen molar-refractivity contribution < 1.29 is 13.2 Å². The Hall–Kier alpha value is -2.46. The predicted molar refractivity (Wildman–Crippen MR) is 121 cm³/mol. The maximum atomic E-state index is 13.2. The molecule has 1 aromatic heterocycles. The van der Waals surface area contributed by atoms with E-state index >= 15 is 0 Å². The lowest BCUT2D eigenvalue weighted by atomic mass is 10.0. The molecule has 10 heteroatoms. The van der Waals surface area contributed by atoms with Crippen LogP contribution in [0.5, 0.6) is 0 Å². The van der Waals surface area contributed by atoms with E-state index in [2.05, 4.69) is 6.92 Å². The van der Waals surface area contributed by atoms with Crippen LogP contribution in [-0.4, -0.2) is 58.8 Å². The Morgan fingerprint density at radius 2 is 1.72 bits per heavy atom. The first-order valence-corrected chi connectivity index (χ1v) is 12.7. The number of aryl methyl sites for hydroxylation is 1. The van der Waals surface area contributed by atoms with Crippen molar-refractivity contribution in [2.45, 2.75) is 50.5 Å². The summed E-state index contributed by atoms with van der Waals surface area (Å²) in [6.07, 6.45) is 3.61. The number of fused-ring (bicyclic) bond motifs is 1. The molecule has 3 heterocycles. The minimum absolute atomic E-state index is 0.0300. The van der Waals surface area contributed by atoms with Crippen LogP contribution >= 0.6 is 0 Å². The SMILES string of the molecule is CC1CCN(S(=O)(=O)c2ccc3c(c2)c(=O)n(CCC(=O)N2CCCC2)c(=O)n3C)CC1. The minimum Gasteiger partial charge on any atom is -0.343 e. The third-order valence-corrected chi connectivity index (χ3v) is 8.61. The van der Waals surface area contributed by atoms with Crippen molar-refractivity contribution in [3.8, 4) is 0 Å². The molecule has 2 saturated heterocycles. The first-order valence-electron chi connectivity index (χ1n) is 11.2. The van der Waals surface area contributed by atoms with Crippen molar-refractivity contribution in [1.29, 1.82) is 0 Å². The number of likely N-dealkylation sites (tertiary alicyclic amines) is 1. The van der Waals surface area contributed by atoms with E-state index in [0.29, 0.717) is 37.6 Å². The lowest BCUT2D eigenvalue weighted by molar-refractivity contribution is -0.130. The number of amides is 1. The van der Waals surface area contributed by atoms with Crippen LogP contribution in [0.1, 0.15) is 39.0 Å². The van der Waals surface area contributed by atoms with Crippen LogP contribution in [0.4, 0.5) is 0 Å². The maximum Gasteiger partial charge on any atom is 0.331 e. The number of rotatable bonds is 5. The molecule has 0 atom stereocenters. The molecule has 2 fully saturated rings. The molecule has 0 bridgehead atoms. The average molecular weight is 463 g/mol. The summed E-state index contributed by atoms with van der Waals surface area (Å²) in [5.74, 6) is 0.412. The van der Waals surface area contributed by atoms with Gasteiger partial charge in [-0.3, -0.25) is 18.7 Å². The van der Waals surface area contributed by atoms with Crippen LogP contribution < -0.4 is 11.2 Å². The third kappa shape index (κ3) is 4.13. The molecule has 9 nitrogen and oxygen atoms in total. The molecule has 0 aliphatic carbocycles. The lowest BCUT2D eigenvalue weighted by Crippen LogP contribution is -2.41. The van der Waals surface area contributed by atoms with Crippen LogP contribution in [0.2, 0.25) is 0 Å². The highest BCUT2D eigenvalue weighted by atomic mass is 32.2. The molecule has 32 heavy (non-hydrogen) atoms. The second-order valence-corrected chi connectivity index (χ2v) is 10.8. The van der Waals surface area contributed by atoms with Crippen LogP contribution in [0.3, 0.4) is 0 Å². The molecule has 2 aromatic rings. The molecular weight excluding hydrogens is 432 g/mol. The first-order chi connectivity index (χ1) is 15.2. The minimum atomic E-state index is -3.73. The fourth-order valence-corrected chi connectivity index (χ4v) is 6.06.